The Hall–Kier alpha value is -0.770. The van der Waals surface area contributed by atoms with Crippen molar-refractivity contribution in [1.82, 2.24) is 10.2 Å². The molecule has 4 nitrogen and oxygen atoms in total. The van der Waals surface area contributed by atoms with Crippen molar-refractivity contribution in [3.05, 3.63) is 0 Å². The molecule has 0 aromatic heterocycles. The molecule has 1 saturated heterocycles. The number of rotatable bonds is 2. The Morgan fingerprint density at radius 3 is 2.79 bits per heavy atom. The Balaban J connectivity index is 1.86. The molecule has 0 aromatic carbocycles. The first-order valence-electron chi connectivity index (χ1n) is 5.48. The molecule has 1 aliphatic carbocycles. The van der Waals surface area contributed by atoms with Crippen LogP contribution in [0.15, 0.2) is 0 Å². The summed E-state index contributed by atoms with van der Waals surface area (Å²) in [4.78, 5) is 13.7. The molecule has 1 aliphatic heterocycles. The summed E-state index contributed by atoms with van der Waals surface area (Å²) in [6.07, 6.45) is 3.34. The van der Waals surface area contributed by atoms with Gasteiger partial charge in [-0.25, -0.2) is 4.79 Å². The highest BCUT2D eigenvalue weighted by molar-refractivity contribution is 5.75. The fourth-order valence-electron chi connectivity index (χ4n) is 2.08. The molecule has 0 aromatic rings. The van der Waals surface area contributed by atoms with Crippen LogP contribution in [0.2, 0.25) is 0 Å². The van der Waals surface area contributed by atoms with Gasteiger partial charge in [-0.05, 0) is 38.6 Å². The Kier molecular flexibility index (Phi) is 2.63. The van der Waals surface area contributed by atoms with Gasteiger partial charge in [-0.2, -0.15) is 0 Å². The maximum Gasteiger partial charge on any atom is 0.317 e. The lowest BCUT2D eigenvalue weighted by Gasteiger charge is -2.21. The normalized spacial score (nSPS) is 32.0. The zero-order chi connectivity index (χ0) is 10.1. The summed E-state index contributed by atoms with van der Waals surface area (Å²) >= 11 is 0. The third-order valence-corrected chi connectivity index (χ3v) is 3.16. The summed E-state index contributed by atoms with van der Waals surface area (Å²) in [7, 11) is 0. The van der Waals surface area contributed by atoms with E-state index in [1.165, 1.54) is 0 Å². The maximum absolute atomic E-state index is 11.7. The van der Waals surface area contributed by atoms with Gasteiger partial charge in [-0.1, -0.05) is 0 Å². The number of hydrogen-bond donors (Lipinski definition) is 2. The van der Waals surface area contributed by atoms with Gasteiger partial charge in [0, 0.05) is 18.6 Å². The van der Waals surface area contributed by atoms with Gasteiger partial charge in [0.25, 0.3) is 0 Å². The number of urea groups is 1. The average Bonchev–Trinajstić information content (AvgIpc) is 2.87. The lowest BCUT2D eigenvalue weighted by Crippen LogP contribution is -2.43. The molecule has 80 valence electrons. The number of amides is 2. The second-order valence-electron chi connectivity index (χ2n) is 4.56. The lowest BCUT2D eigenvalue weighted by molar-refractivity contribution is 0.194. The van der Waals surface area contributed by atoms with E-state index in [2.05, 4.69) is 12.2 Å². The molecule has 2 aliphatic rings. The number of hydrogen-bond acceptors (Lipinski definition) is 2. The van der Waals surface area contributed by atoms with E-state index >= 15 is 0 Å². The molecule has 2 rings (SSSR count). The minimum Gasteiger partial charge on any atom is -0.335 e. The lowest BCUT2D eigenvalue weighted by atomic mass is 10.1. The van der Waals surface area contributed by atoms with E-state index in [4.69, 9.17) is 5.73 Å². The topological polar surface area (TPSA) is 58.4 Å². The highest BCUT2D eigenvalue weighted by Gasteiger charge is 2.34. The third-order valence-electron chi connectivity index (χ3n) is 3.16. The van der Waals surface area contributed by atoms with Gasteiger partial charge in [0.2, 0.25) is 0 Å². The first-order chi connectivity index (χ1) is 6.70. The van der Waals surface area contributed by atoms with Crippen LogP contribution in [0.5, 0.6) is 0 Å². The summed E-state index contributed by atoms with van der Waals surface area (Å²) < 4.78 is 0. The second kappa shape index (κ2) is 3.77. The molecule has 0 radical (unpaired) electrons. The van der Waals surface area contributed by atoms with E-state index in [0.717, 1.165) is 25.8 Å². The van der Waals surface area contributed by atoms with Gasteiger partial charge in [0.15, 0.2) is 0 Å². The fourth-order valence-corrected chi connectivity index (χ4v) is 2.08. The first kappa shape index (κ1) is 9.77. The predicted molar refractivity (Wildman–Crippen MR) is 54.9 cm³/mol. The largest absolute Gasteiger partial charge is 0.335 e. The number of likely N-dealkylation sites (tertiary alicyclic amines) is 1. The Bertz CT molecular complexity index is 227. The quantitative estimate of drug-likeness (QED) is 0.678. The highest BCUT2D eigenvalue weighted by Crippen LogP contribution is 2.24. The molecule has 14 heavy (non-hydrogen) atoms. The summed E-state index contributed by atoms with van der Waals surface area (Å²) in [6, 6.07) is 0.907. The van der Waals surface area contributed by atoms with Crippen molar-refractivity contribution in [2.24, 2.45) is 11.7 Å². The maximum atomic E-state index is 11.7. The molecule has 1 saturated carbocycles. The van der Waals surface area contributed by atoms with Crippen molar-refractivity contribution >= 4 is 6.03 Å². The van der Waals surface area contributed by atoms with Crippen LogP contribution in [0.1, 0.15) is 26.2 Å². The summed E-state index contributed by atoms with van der Waals surface area (Å²) in [6.45, 7) is 3.62. The van der Waals surface area contributed by atoms with Crippen LogP contribution in [0.3, 0.4) is 0 Å². The molecule has 2 unspecified atom stereocenters. The number of nitrogens with zero attached hydrogens (tertiary/aromatic N) is 1. The van der Waals surface area contributed by atoms with Gasteiger partial charge in [0.1, 0.15) is 0 Å². The van der Waals surface area contributed by atoms with Crippen molar-refractivity contribution in [2.75, 3.05) is 13.1 Å². The van der Waals surface area contributed by atoms with Crippen LogP contribution in [0, 0.1) is 5.92 Å². The molecule has 0 bridgehead atoms. The number of carbonyl (C=O) groups excluding carboxylic acids is 1. The first-order valence-corrected chi connectivity index (χ1v) is 5.48. The second-order valence-corrected chi connectivity index (χ2v) is 4.56. The monoisotopic (exact) mass is 197 g/mol. The minimum atomic E-state index is 0.107. The molecule has 2 atom stereocenters. The molecule has 3 N–H and O–H groups in total. The van der Waals surface area contributed by atoms with Gasteiger partial charge >= 0.3 is 6.03 Å². The van der Waals surface area contributed by atoms with Gasteiger partial charge < -0.3 is 16.0 Å². The van der Waals surface area contributed by atoms with Crippen molar-refractivity contribution in [2.45, 2.75) is 38.3 Å². The van der Waals surface area contributed by atoms with E-state index in [1.54, 1.807) is 0 Å². The molecule has 2 fully saturated rings. The van der Waals surface area contributed by atoms with Crippen molar-refractivity contribution in [3.8, 4) is 0 Å². The van der Waals surface area contributed by atoms with E-state index in [-0.39, 0.29) is 6.03 Å². The van der Waals surface area contributed by atoms with Crippen molar-refractivity contribution in [1.29, 1.82) is 0 Å². The predicted octanol–water partition coefficient (Wildman–Crippen LogP) is 0.527. The summed E-state index contributed by atoms with van der Waals surface area (Å²) in [5, 5.41) is 3.02. The van der Waals surface area contributed by atoms with Crippen LogP contribution >= 0.6 is 0 Å². The minimum absolute atomic E-state index is 0.107. The van der Waals surface area contributed by atoms with Crippen LogP contribution in [0.25, 0.3) is 0 Å². The average molecular weight is 197 g/mol. The Labute approximate surface area is 84.8 Å². The number of nitrogens with two attached hydrogens (primary N) is 1. The molecule has 4 heteroatoms. The van der Waals surface area contributed by atoms with E-state index < -0.39 is 0 Å². The van der Waals surface area contributed by atoms with Crippen LogP contribution < -0.4 is 11.1 Å². The zero-order valence-corrected chi connectivity index (χ0v) is 8.70. The van der Waals surface area contributed by atoms with Crippen LogP contribution in [0.4, 0.5) is 4.79 Å². The molecule has 2 amide bonds. The van der Waals surface area contributed by atoms with E-state index in [9.17, 15) is 4.79 Å². The summed E-state index contributed by atoms with van der Waals surface area (Å²) in [5.41, 5.74) is 5.61. The van der Waals surface area contributed by atoms with Crippen LogP contribution in [-0.4, -0.2) is 36.1 Å². The molecule has 0 spiro atoms. The van der Waals surface area contributed by atoms with Gasteiger partial charge in [-0.3, -0.25) is 0 Å². The van der Waals surface area contributed by atoms with Gasteiger partial charge in [-0.15, -0.1) is 0 Å². The standard InChI is InChI=1S/C10H19N3O/c1-7-4-8(5-11)6-13(7)10(14)12-9-2-3-9/h7-9H,2-6,11H2,1H3,(H,12,14). The number of nitrogens with one attached hydrogen (secondary N) is 1. The SMILES string of the molecule is CC1CC(CN)CN1C(=O)NC1CC1. The summed E-state index contributed by atoms with van der Waals surface area (Å²) in [5.74, 6) is 0.495. The van der Waals surface area contributed by atoms with Crippen LogP contribution in [-0.2, 0) is 0 Å². The molecule has 1 heterocycles. The van der Waals surface area contributed by atoms with E-state index in [1.807, 2.05) is 4.90 Å². The van der Waals surface area contributed by atoms with Gasteiger partial charge in [0.05, 0.1) is 0 Å². The van der Waals surface area contributed by atoms with Crippen molar-refractivity contribution in [3.63, 3.8) is 0 Å². The molecular weight excluding hydrogens is 178 g/mol. The number of carbonyl (C=O) groups is 1. The zero-order valence-electron chi connectivity index (χ0n) is 8.70. The Morgan fingerprint density at radius 1 is 1.57 bits per heavy atom. The smallest absolute Gasteiger partial charge is 0.317 e. The van der Waals surface area contributed by atoms with Crippen molar-refractivity contribution < 1.29 is 4.79 Å². The van der Waals surface area contributed by atoms with E-state index in [0.29, 0.717) is 24.5 Å². The highest BCUT2D eigenvalue weighted by atomic mass is 16.2. The fraction of sp³-hybridized carbons (Fsp3) is 0.900. The Morgan fingerprint density at radius 2 is 2.29 bits per heavy atom. The third kappa shape index (κ3) is 2.00. The molecular formula is C10H19N3O.